The van der Waals surface area contributed by atoms with E-state index in [1.807, 2.05) is 32.9 Å². The summed E-state index contributed by atoms with van der Waals surface area (Å²) in [6.45, 7) is 8.05. The molecule has 1 unspecified atom stereocenters. The van der Waals surface area contributed by atoms with Crippen molar-refractivity contribution in [3.8, 4) is 0 Å². The first-order chi connectivity index (χ1) is 8.87. The van der Waals surface area contributed by atoms with Gasteiger partial charge in [0.2, 0.25) is 0 Å². The summed E-state index contributed by atoms with van der Waals surface area (Å²) in [7, 11) is 0. The average molecular weight is 263 g/mol. The second-order valence-electron chi connectivity index (χ2n) is 5.79. The molecule has 0 fully saturated rings. The number of rotatable bonds is 5. The van der Waals surface area contributed by atoms with Crippen LogP contribution in [0, 0.1) is 5.92 Å². The molecule has 1 rings (SSSR count). The smallest absolute Gasteiger partial charge is 0.311 e. The third kappa shape index (κ3) is 5.03. The molecule has 1 aromatic rings. The highest BCUT2D eigenvalue weighted by molar-refractivity contribution is 5.73. The minimum atomic E-state index is -0.464. The van der Waals surface area contributed by atoms with E-state index in [1.165, 1.54) is 11.1 Å². The number of carbonyl (C=O) groups is 1. The molecule has 19 heavy (non-hydrogen) atoms. The number of esters is 1. The van der Waals surface area contributed by atoms with Crippen LogP contribution >= 0.6 is 0 Å². The van der Waals surface area contributed by atoms with Crippen LogP contribution in [0.2, 0.25) is 0 Å². The Morgan fingerprint density at radius 3 is 2.32 bits per heavy atom. The molecule has 0 heterocycles. The lowest BCUT2D eigenvalue weighted by Crippen LogP contribution is -2.33. The predicted octanol–water partition coefficient (Wildman–Crippen LogP) is 2.71. The summed E-state index contributed by atoms with van der Waals surface area (Å²) in [6, 6.07) is 8.17. The maximum absolute atomic E-state index is 12.1. The van der Waals surface area contributed by atoms with Gasteiger partial charge in [0.1, 0.15) is 5.60 Å². The SMILES string of the molecule is CCc1ccccc1CC(CN)C(=O)OC(C)(C)C. The van der Waals surface area contributed by atoms with Crippen LogP contribution in [-0.4, -0.2) is 18.1 Å². The van der Waals surface area contributed by atoms with Gasteiger partial charge in [-0.15, -0.1) is 0 Å². The maximum Gasteiger partial charge on any atom is 0.311 e. The van der Waals surface area contributed by atoms with E-state index in [-0.39, 0.29) is 11.9 Å². The molecule has 0 saturated heterocycles. The first-order valence-corrected chi connectivity index (χ1v) is 6.87. The van der Waals surface area contributed by atoms with Crippen molar-refractivity contribution in [3.63, 3.8) is 0 Å². The Morgan fingerprint density at radius 2 is 1.84 bits per heavy atom. The second-order valence-corrected chi connectivity index (χ2v) is 5.79. The summed E-state index contributed by atoms with van der Waals surface area (Å²) in [5.74, 6) is -0.479. The summed E-state index contributed by atoms with van der Waals surface area (Å²) >= 11 is 0. The Morgan fingerprint density at radius 1 is 1.26 bits per heavy atom. The highest BCUT2D eigenvalue weighted by Gasteiger charge is 2.24. The average Bonchev–Trinajstić information content (AvgIpc) is 2.34. The molecule has 0 aliphatic rings. The van der Waals surface area contributed by atoms with Crippen LogP contribution in [0.4, 0.5) is 0 Å². The predicted molar refractivity (Wildman–Crippen MR) is 77.9 cm³/mol. The van der Waals surface area contributed by atoms with Crippen LogP contribution in [-0.2, 0) is 22.4 Å². The number of carbonyl (C=O) groups excluding carboxylic acids is 1. The van der Waals surface area contributed by atoms with Crippen molar-refractivity contribution in [2.75, 3.05) is 6.54 Å². The third-order valence-electron chi connectivity index (χ3n) is 2.99. The van der Waals surface area contributed by atoms with Crippen molar-refractivity contribution in [3.05, 3.63) is 35.4 Å². The molecule has 0 saturated carbocycles. The lowest BCUT2D eigenvalue weighted by atomic mass is 9.94. The number of ether oxygens (including phenoxy) is 1. The molecular formula is C16H25NO2. The Kier molecular flexibility index (Phi) is 5.55. The number of hydrogen-bond donors (Lipinski definition) is 1. The van der Waals surface area contributed by atoms with E-state index in [2.05, 4.69) is 19.1 Å². The van der Waals surface area contributed by atoms with Crippen LogP contribution in [0.15, 0.2) is 24.3 Å². The van der Waals surface area contributed by atoms with Crippen LogP contribution in [0.5, 0.6) is 0 Å². The van der Waals surface area contributed by atoms with Gasteiger partial charge in [-0.25, -0.2) is 0 Å². The van der Waals surface area contributed by atoms with Crippen molar-refractivity contribution in [2.45, 2.75) is 46.1 Å². The maximum atomic E-state index is 12.1. The third-order valence-corrected chi connectivity index (χ3v) is 2.99. The molecule has 0 aromatic heterocycles. The van der Waals surface area contributed by atoms with Gasteiger partial charge in [0.15, 0.2) is 0 Å². The van der Waals surface area contributed by atoms with Crippen molar-refractivity contribution >= 4 is 5.97 Å². The summed E-state index contributed by atoms with van der Waals surface area (Å²) < 4.78 is 5.42. The van der Waals surface area contributed by atoms with E-state index >= 15 is 0 Å². The van der Waals surface area contributed by atoms with Gasteiger partial charge in [-0.3, -0.25) is 4.79 Å². The molecule has 0 bridgehead atoms. The molecule has 2 N–H and O–H groups in total. The number of nitrogens with two attached hydrogens (primary N) is 1. The van der Waals surface area contributed by atoms with Gasteiger partial charge in [0.05, 0.1) is 5.92 Å². The number of benzene rings is 1. The Hall–Kier alpha value is -1.35. The summed E-state index contributed by atoms with van der Waals surface area (Å²) in [5, 5.41) is 0. The van der Waals surface area contributed by atoms with Crippen molar-refractivity contribution in [1.82, 2.24) is 0 Å². The van der Waals surface area contributed by atoms with Gasteiger partial charge in [0.25, 0.3) is 0 Å². The van der Waals surface area contributed by atoms with E-state index in [0.717, 1.165) is 6.42 Å². The van der Waals surface area contributed by atoms with Crippen LogP contribution < -0.4 is 5.73 Å². The van der Waals surface area contributed by atoms with Crippen LogP contribution in [0.25, 0.3) is 0 Å². The molecule has 3 heteroatoms. The number of aryl methyl sites for hydroxylation is 1. The van der Waals surface area contributed by atoms with Gasteiger partial charge >= 0.3 is 5.97 Å². The minimum absolute atomic E-state index is 0.207. The van der Waals surface area contributed by atoms with E-state index in [4.69, 9.17) is 10.5 Å². The van der Waals surface area contributed by atoms with Crippen LogP contribution in [0.1, 0.15) is 38.8 Å². The van der Waals surface area contributed by atoms with E-state index < -0.39 is 5.60 Å². The topological polar surface area (TPSA) is 52.3 Å². The molecule has 1 atom stereocenters. The first kappa shape index (κ1) is 15.7. The van der Waals surface area contributed by atoms with Crippen molar-refractivity contribution < 1.29 is 9.53 Å². The largest absolute Gasteiger partial charge is 0.460 e. The zero-order valence-corrected chi connectivity index (χ0v) is 12.4. The van der Waals surface area contributed by atoms with Crippen molar-refractivity contribution in [1.29, 1.82) is 0 Å². The quantitative estimate of drug-likeness (QED) is 0.831. The fourth-order valence-corrected chi connectivity index (χ4v) is 2.02. The highest BCUT2D eigenvalue weighted by Crippen LogP contribution is 2.18. The molecule has 0 radical (unpaired) electrons. The van der Waals surface area contributed by atoms with Crippen molar-refractivity contribution in [2.24, 2.45) is 11.7 Å². The number of hydrogen-bond acceptors (Lipinski definition) is 3. The second kappa shape index (κ2) is 6.71. The summed E-state index contributed by atoms with van der Waals surface area (Å²) in [6.07, 6.45) is 1.61. The molecule has 3 nitrogen and oxygen atoms in total. The fraction of sp³-hybridized carbons (Fsp3) is 0.562. The standard InChI is InChI=1S/C16H25NO2/c1-5-12-8-6-7-9-13(12)10-14(11-17)15(18)19-16(2,3)4/h6-9,14H,5,10-11,17H2,1-4H3. The zero-order valence-electron chi connectivity index (χ0n) is 12.4. The summed E-state index contributed by atoms with van der Waals surface area (Å²) in [4.78, 5) is 12.1. The molecule has 0 aliphatic heterocycles. The Balaban J connectivity index is 2.79. The van der Waals surface area contributed by atoms with E-state index in [9.17, 15) is 4.79 Å². The lowest BCUT2D eigenvalue weighted by molar-refractivity contribution is -0.159. The monoisotopic (exact) mass is 263 g/mol. The molecule has 0 aliphatic carbocycles. The fourth-order valence-electron chi connectivity index (χ4n) is 2.02. The van der Waals surface area contributed by atoms with Gasteiger partial charge in [-0.05, 0) is 44.7 Å². The minimum Gasteiger partial charge on any atom is -0.460 e. The Labute approximate surface area is 116 Å². The van der Waals surface area contributed by atoms with Gasteiger partial charge in [-0.2, -0.15) is 0 Å². The van der Waals surface area contributed by atoms with Gasteiger partial charge < -0.3 is 10.5 Å². The molecular weight excluding hydrogens is 238 g/mol. The van der Waals surface area contributed by atoms with Gasteiger partial charge in [0, 0.05) is 6.54 Å². The zero-order chi connectivity index (χ0) is 14.5. The first-order valence-electron chi connectivity index (χ1n) is 6.87. The van der Waals surface area contributed by atoms with E-state index in [0.29, 0.717) is 13.0 Å². The van der Waals surface area contributed by atoms with Crippen LogP contribution in [0.3, 0.4) is 0 Å². The summed E-state index contributed by atoms with van der Waals surface area (Å²) in [5.41, 5.74) is 7.72. The molecule has 106 valence electrons. The molecule has 1 aromatic carbocycles. The molecule has 0 spiro atoms. The Bertz CT molecular complexity index is 421. The normalized spacial score (nSPS) is 13.1. The molecule has 0 amide bonds. The van der Waals surface area contributed by atoms with Gasteiger partial charge in [-0.1, -0.05) is 31.2 Å². The van der Waals surface area contributed by atoms with E-state index in [1.54, 1.807) is 0 Å². The highest BCUT2D eigenvalue weighted by atomic mass is 16.6. The lowest BCUT2D eigenvalue weighted by Gasteiger charge is -2.23.